The van der Waals surface area contributed by atoms with E-state index in [1.54, 1.807) is 53.4 Å². The highest BCUT2D eigenvalue weighted by Gasteiger charge is 2.31. The zero-order valence-corrected chi connectivity index (χ0v) is 17.5. The summed E-state index contributed by atoms with van der Waals surface area (Å²) in [5, 5.41) is 0.306. The van der Waals surface area contributed by atoms with E-state index in [-0.39, 0.29) is 35.0 Å². The zero-order valence-electron chi connectivity index (χ0n) is 15.9. The van der Waals surface area contributed by atoms with Crippen LogP contribution < -0.4 is 27.1 Å². The van der Waals surface area contributed by atoms with Crippen molar-refractivity contribution >= 4 is 17.2 Å². The lowest BCUT2D eigenvalue weighted by Crippen LogP contribution is -3.00. The van der Waals surface area contributed by atoms with Gasteiger partial charge in [-0.3, -0.25) is 14.2 Å². The second-order valence-electron chi connectivity index (χ2n) is 6.66. The molecule has 0 aliphatic heterocycles. The molecule has 0 saturated carbocycles. The van der Waals surface area contributed by atoms with Gasteiger partial charge in [-0.1, -0.05) is 18.2 Å². The summed E-state index contributed by atoms with van der Waals surface area (Å²) in [5.74, 6) is 0.266. The molecule has 0 radical (unpaired) electrons. The Balaban J connectivity index is 0.00000272. The molecule has 0 spiro atoms. The molecule has 0 bridgehead atoms. The first-order valence-corrected chi connectivity index (χ1v) is 8.99. The number of nitrogens with zero attached hydrogens (tertiary/aromatic N) is 3. The van der Waals surface area contributed by atoms with E-state index in [4.69, 9.17) is 0 Å². The van der Waals surface area contributed by atoms with Crippen LogP contribution in [0.2, 0.25) is 0 Å². The Hall–Kier alpha value is -3.33. The Morgan fingerprint density at radius 2 is 1.71 bits per heavy atom. The van der Waals surface area contributed by atoms with Crippen molar-refractivity contribution in [2.45, 2.75) is 12.7 Å². The van der Waals surface area contributed by atoms with Gasteiger partial charge in [0.15, 0.2) is 24.5 Å². The van der Waals surface area contributed by atoms with E-state index in [1.165, 1.54) is 16.7 Å². The maximum absolute atomic E-state index is 13.2. The fourth-order valence-electron chi connectivity index (χ4n) is 3.19. The average molecular weight is 490 g/mol. The molecule has 5 nitrogen and oxygen atoms in total. The number of hydrogen-bond donors (Lipinski definition) is 0. The van der Waals surface area contributed by atoms with Gasteiger partial charge in [0.1, 0.15) is 0 Å². The summed E-state index contributed by atoms with van der Waals surface area (Å²) in [6, 6.07) is 14.5. The predicted octanol–water partition coefficient (Wildman–Crippen LogP) is 0.557. The number of hydrogen-bond acceptors (Lipinski definition) is 3. The number of pyridine rings is 1. The van der Waals surface area contributed by atoms with Gasteiger partial charge in [0, 0.05) is 17.7 Å². The fourth-order valence-corrected chi connectivity index (χ4v) is 3.19. The molecule has 31 heavy (non-hydrogen) atoms. The molecule has 4 aromatic rings. The molecule has 0 aliphatic carbocycles. The molecule has 2 aromatic heterocycles. The highest BCUT2D eigenvalue weighted by Crippen LogP contribution is 2.30. The lowest BCUT2D eigenvalue weighted by atomic mass is 10.1. The van der Waals surface area contributed by atoms with E-state index in [2.05, 4.69) is 4.98 Å². The Morgan fingerprint density at radius 1 is 1.00 bits per heavy atom. The van der Waals surface area contributed by atoms with Crippen LogP contribution in [0.3, 0.4) is 0 Å². The number of alkyl halides is 3. The summed E-state index contributed by atoms with van der Waals surface area (Å²) in [7, 11) is 0. The number of aromatic nitrogens is 3. The van der Waals surface area contributed by atoms with Crippen LogP contribution >= 0.6 is 0 Å². The van der Waals surface area contributed by atoms with Gasteiger partial charge in [0.2, 0.25) is 6.54 Å². The molecule has 0 unspecified atom stereocenters. The van der Waals surface area contributed by atoms with Gasteiger partial charge in [0.25, 0.3) is 5.56 Å². The maximum Gasteiger partial charge on any atom is 0.416 e. The number of carbonyl (C=O) groups excluding carboxylic acids is 1. The number of fused-ring (bicyclic) bond motifs is 1. The third-order valence-electron chi connectivity index (χ3n) is 4.65. The first-order chi connectivity index (χ1) is 14.4. The normalized spacial score (nSPS) is 11.2. The van der Waals surface area contributed by atoms with E-state index >= 15 is 0 Å². The molecule has 2 aromatic carbocycles. The number of benzene rings is 2. The third kappa shape index (κ3) is 4.56. The smallest absolute Gasteiger partial charge is 0.416 e. The van der Waals surface area contributed by atoms with Crippen LogP contribution in [0.4, 0.5) is 13.2 Å². The molecule has 0 atom stereocenters. The van der Waals surface area contributed by atoms with Gasteiger partial charge < -0.3 is 17.0 Å². The van der Waals surface area contributed by atoms with Crippen molar-refractivity contribution in [2.24, 2.45) is 0 Å². The van der Waals surface area contributed by atoms with Crippen molar-refractivity contribution < 1.29 is 39.5 Å². The molecule has 0 amide bonds. The minimum Gasteiger partial charge on any atom is -1.00 e. The Morgan fingerprint density at radius 3 is 2.39 bits per heavy atom. The third-order valence-corrected chi connectivity index (χ3v) is 4.65. The Labute approximate surface area is 185 Å². The second-order valence-corrected chi connectivity index (χ2v) is 6.66. The van der Waals surface area contributed by atoms with E-state index in [9.17, 15) is 22.8 Å². The second kappa shape index (κ2) is 8.81. The SMILES string of the molecule is O=Cc1cc[n+](Cc2nc3ccccc3c(=O)n2-c2cccc(C(F)(F)F)c2)cc1.[Br-]. The maximum atomic E-state index is 13.2. The standard InChI is InChI=1S/C22H15F3N3O2.BrH/c23-22(24,25)16-4-3-5-17(12-16)28-20(13-27-10-8-15(14-29)9-11-27)26-19-7-2-1-6-18(19)21(28)30;/h1-12,14H,13H2;1H/q+1;/p-1. The van der Waals surface area contributed by atoms with Crippen LogP contribution in [0.15, 0.2) is 77.9 Å². The summed E-state index contributed by atoms with van der Waals surface area (Å²) >= 11 is 0. The van der Waals surface area contributed by atoms with Crippen molar-refractivity contribution in [1.29, 1.82) is 0 Å². The molecule has 9 heteroatoms. The van der Waals surface area contributed by atoms with Gasteiger partial charge in [-0.25, -0.2) is 4.98 Å². The van der Waals surface area contributed by atoms with Crippen LogP contribution in [-0.2, 0) is 12.7 Å². The van der Waals surface area contributed by atoms with Gasteiger partial charge >= 0.3 is 6.18 Å². The van der Waals surface area contributed by atoms with E-state index < -0.39 is 17.3 Å². The van der Waals surface area contributed by atoms with Crippen molar-refractivity contribution in [1.82, 2.24) is 9.55 Å². The minimum atomic E-state index is -4.54. The molecule has 0 N–H and O–H groups in total. The quantitative estimate of drug-likeness (QED) is 0.311. The molecule has 4 rings (SSSR count). The molecular weight excluding hydrogens is 475 g/mol. The van der Waals surface area contributed by atoms with E-state index in [0.717, 1.165) is 12.1 Å². The molecule has 0 saturated heterocycles. The largest absolute Gasteiger partial charge is 1.00 e. The lowest BCUT2D eigenvalue weighted by molar-refractivity contribution is -0.689. The minimum absolute atomic E-state index is 0. The van der Waals surface area contributed by atoms with E-state index in [0.29, 0.717) is 22.8 Å². The van der Waals surface area contributed by atoms with Crippen LogP contribution in [0.5, 0.6) is 0 Å². The molecular formula is C22H15BrF3N3O2. The van der Waals surface area contributed by atoms with Crippen LogP contribution in [0.1, 0.15) is 21.7 Å². The molecule has 2 heterocycles. The van der Waals surface area contributed by atoms with Crippen molar-refractivity contribution in [2.75, 3.05) is 0 Å². The van der Waals surface area contributed by atoms with Crippen LogP contribution in [0.25, 0.3) is 16.6 Å². The highest BCUT2D eigenvalue weighted by molar-refractivity contribution is 5.77. The predicted molar refractivity (Wildman–Crippen MR) is 103 cm³/mol. The first kappa shape index (κ1) is 22.4. The number of carbonyl (C=O) groups is 1. The van der Waals surface area contributed by atoms with Crippen molar-refractivity contribution in [3.05, 3.63) is 100 Å². The van der Waals surface area contributed by atoms with Gasteiger partial charge in [-0.2, -0.15) is 17.7 Å². The number of halogens is 4. The number of rotatable bonds is 4. The van der Waals surface area contributed by atoms with Crippen molar-refractivity contribution in [3.63, 3.8) is 0 Å². The summed E-state index contributed by atoms with van der Waals surface area (Å²) < 4.78 is 42.5. The number of aldehydes is 1. The summed E-state index contributed by atoms with van der Waals surface area (Å²) in [6.45, 7) is 0.120. The van der Waals surface area contributed by atoms with Gasteiger partial charge in [0.05, 0.1) is 22.2 Å². The van der Waals surface area contributed by atoms with Gasteiger partial charge in [-0.15, -0.1) is 0 Å². The molecule has 0 fully saturated rings. The monoisotopic (exact) mass is 489 g/mol. The van der Waals surface area contributed by atoms with E-state index in [1.807, 2.05) is 0 Å². The number of para-hydroxylation sites is 1. The summed E-state index contributed by atoms with van der Waals surface area (Å²) in [4.78, 5) is 28.6. The van der Waals surface area contributed by atoms with Crippen LogP contribution in [-0.4, -0.2) is 15.8 Å². The first-order valence-electron chi connectivity index (χ1n) is 8.99. The topological polar surface area (TPSA) is 55.8 Å². The molecule has 158 valence electrons. The summed E-state index contributed by atoms with van der Waals surface area (Å²) in [5.41, 5.74) is -0.305. The average Bonchev–Trinajstić information content (AvgIpc) is 2.74. The highest BCUT2D eigenvalue weighted by atomic mass is 79.9. The zero-order chi connectivity index (χ0) is 21.3. The summed E-state index contributed by atoms with van der Waals surface area (Å²) in [6.07, 6.45) is -0.552. The Bertz CT molecular complexity index is 1300. The molecule has 0 aliphatic rings. The van der Waals surface area contributed by atoms with Crippen LogP contribution in [0, 0.1) is 0 Å². The van der Waals surface area contributed by atoms with Gasteiger partial charge in [-0.05, 0) is 30.3 Å². The fraction of sp³-hybridized carbons (Fsp3) is 0.0909. The Kier molecular flexibility index (Phi) is 6.35. The van der Waals surface area contributed by atoms with Crippen molar-refractivity contribution in [3.8, 4) is 5.69 Å². The lowest BCUT2D eigenvalue weighted by Gasteiger charge is -2.14.